The maximum atomic E-state index is 3.73. The maximum Gasteiger partial charge on any atom is 0.0454 e. The van der Waals surface area contributed by atoms with Crippen molar-refractivity contribution in [3.05, 3.63) is 56.7 Å². The van der Waals surface area contributed by atoms with E-state index in [-0.39, 0.29) is 0 Å². The molecule has 0 saturated carbocycles. The molecule has 0 nitrogen and oxygen atoms in total. The van der Waals surface area contributed by atoms with Gasteiger partial charge < -0.3 is 0 Å². The van der Waals surface area contributed by atoms with Crippen LogP contribution in [-0.2, 0) is 6.42 Å². The average Bonchev–Trinajstić information content (AvgIpc) is 2.71. The molecule has 2 rings (SSSR count). The van der Waals surface area contributed by atoms with E-state index in [0.29, 0.717) is 4.83 Å². The highest BCUT2D eigenvalue weighted by molar-refractivity contribution is 9.11. The molecule has 1 atom stereocenters. The third-order valence-corrected chi connectivity index (χ3v) is 4.64. The van der Waals surface area contributed by atoms with Crippen LogP contribution in [-0.4, -0.2) is 0 Å². The normalized spacial score (nSPS) is 12.7. The van der Waals surface area contributed by atoms with Gasteiger partial charge in [0, 0.05) is 14.2 Å². The number of halogens is 2. The van der Waals surface area contributed by atoms with Gasteiger partial charge in [0.25, 0.3) is 0 Å². The molecule has 0 radical (unpaired) electrons. The highest BCUT2D eigenvalue weighted by atomic mass is 79.9. The van der Waals surface area contributed by atoms with Crippen LogP contribution in [0.5, 0.6) is 0 Å². The molecule has 3 heteroatoms. The second kappa shape index (κ2) is 5.28. The van der Waals surface area contributed by atoms with Crippen molar-refractivity contribution in [2.45, 2.75) is 11.2 Å². The van der Waals surface area contributed by atoms with Crippen LogP contribution < -0.4 is 0 Å². The molecule has 1 unspecified atom stereocenters. The molecule has 0 bridgehead atoms. The van der Waals surface area contributed by atoms with Gasteiger partial charge in [0.2, 0.25) is 0 Å². The van der Waals surface area contributed by atoms with Crippen molar-refractivity contribution in [1.29, 1.82) is 0 Å². The smallest absolute Gasteiger partial charge is 0.0454 e. The molecule has 0 aliphatic rings. The van der Waals surface area contributed by atoms with E-state index in [4.69, 9.17) is 0 Å². The van der Waals surface area contributed by atoms with Gasteiger partial charge in [-0.2, -0.15) is 0 Å². The molecule has 2 aromatic rings. The third-order valence-electron chi connectivity index (χ3n) is 2.20. The van der Waals surface area contributed by atoms with Crippen LogP contribution in [0.2, 0.25) is 0 Å². The first-order chi connectivity index (χ1) is 7.27. The number of alkyl halides is 1. The maximum absolute atomic E-state index is 3.73. The standard InChI is InChI=1S/C12H10Br2S/c13-11-6-2-1-5-10(11)12(14)8-9-4-3-7-15-9/h1-7,12H,8H2. The van der Waals surface area contributed by atoms with E-state index in [1.165, 1.54) is 14.9 Å². The zero-order valence-electron chi connectivity index (χ0n) is 7.99. The van der Waals surface area contributed by atoms with E-state index < -0.39 is 0 Å². The Kier molecular flexibility index (Phi) is 4.00. The summed E-state index contributed by atoms with van der Waals surface area (Å²) in [6.07, 6.45) is 1.04. The van der Waals surface area contributed by atoms with Crippen molar-refractivity contribution in [3.8, 4) is 0 Å². The lowest BCUT2D eigenvalue weighted by atomic mass is 10.1. The van der Waals surface area contributed by atoms with Crippen LogP contribution >= 0.6 is 43.2 Å². The van der Waals surface area contributed by atoms with Crippen molar-refractivity contribution in [3.63, 3.8) is 0 Å². The van der Waals surface area contributed by atoms with Crippen molar-refractivity contribution in [2.75, 3.05) is 0 Å². The van der Waals surface area contributed by atoms with Gasteiger partial charge in [-0.3, -0.25) is 0 Å². The Labute approximate surface area is 111 Å². The average molecular weight is 346 g/mol. The number of rotatable bonds is 3. The first-order valence-corrected chi connectivity index (χ1v) is 7.27. The molecule has 1 aromatic carbocycles. The molecule has 78 valence electrons. The van der Waals surface area contributed by atoms with Gasteiger partial charge in [-0.15, -0.1) is 11.3 Å². The van der Waals surface area contributed by atoms with E-state index >= 15 is 0 Å². The Bertz CT molecular complexity index is 423. The molecule has 0 aliphatic heterocycles. The predicted octanol–water partition coefficient (Wildman–Crippen LogP) is 5.19. The summed E-state index contributed by atoms with van der Waals surface area (Å²) in [5.41, 5.74) is 1.31. The van der Waals surface area contributed by atoms with Gasteiger partial charge >= 0.3 is 0 Å². The van der Waals surface area contributed by atoms with Gasteiger partial charge in [-0.05, 0) is 29.5 Å². The zero-order chi connectivity index (χ0) is 10.7. The SMILES string of the molecule is Brc1ccccc1C(Br)Cc1cccs1. The summed E-state index contributed by atoms with van der Waals surface area (Å²) in [7, 11) is 0. The van der Waals surface area contributed by atoms with Gasteiger partial charge in [-0.1, -0.05) is 56.1 Å². The molecular weight excluding hydrogens is 336 g/mol. The highest BCUT2D eigenvalue weighted by Gasteiger charge is 2.11. The lowest BCUT2D eigenvalue weighted by Gasteiger charge is -2.10. The van der Waals surface area contributed by atoms with Crippen molar-refractivity contribution >= 4 is 43.2 Å². The summed E-state index contributed by atoms with van der Waals surface area (Å²) in [6, 6.07) is 12.6. The van der Waals surface area contributed by atoms with Crippen LogP contribution in [0.3, 0.4) is 0 Å². The van der Waals surface area contributed by atoms with E-state index in [1.807, 2.05) is 6.07 Å². The topological polar surface area (TPSA) is 0 Å². The molecule has 1 heterocycles. The Balaban J connectivity index is 2.15. The molecule has 0 saturated heterocycles. The van der Waals surface area contributed by atoms with Crippen LogP contribution in [0.4, 0.5) is 0 Å². The van der Waals surface area contributed by atoms with Gasteiger partial charge in [0.05, 0.1) is 0 Å². The minimum Gasteiger partial charge on any atom is -0.149 e. The summed E-state index contributed by atoms with van der Waals surface area (Å²) in [5.74, 6) is 0. The summed E-state index contributed by atoms with van der Waals surface area (Å²) < 4.78 is 1.17. The fraction of sp³-hybridized carbons (Fsp3) is 0.167. The zero-order valence-corrected chi connectivity index (χ0v) is 12.0. The highest BCUT2D eigenvalue weighted by Crippen LogP contribution is 2.33. The molecular formula is C12H10Br2S. The third kappa shape index (κ3) is 2.92. The largest absolute Gasteiger partial charge is 0.149 e. The molecule has 0 fully saturated rings. The summed E-state index contributed by atoms with van der Waals surface area (Å²) in [5, 5.41) is 2.12. The molecule has 0 amide bonds. The van der Waals surface area contributed by atoms with Gasteiger partial charge in [0.1, 0.15) is 0 Å². The molecule has 1 aromatic heterocycles. The lowest BCUT2D eigenvalue weighted by Crippen LogP contribution is -1.94. The first-order valence-electron chi connectivity index (χ1n) is 4.68. The molecule has 0 aliphatic carbocycles. The van der Waals surface area contributed by atoms with E-state index in [0.717, 1.165) is 6.42 Å². The second-order valence-electron chi connectivity index (χ2n) is 3.27. The number of hydrogen-bond donors (Lipinski definition) is 0. The fourth-order valence-electron chi connectivity index (χ4n) is 1.44. The minimum absolute atomic E-state index is 0.381. The molecule has 15 heavy (non-hydrogen) atoms. The van der Waals surface area contributed by atoms with Gasteiger partial charge in [0.15, 0.2) is 0 Å². The van der Waals surface area contributed by atoms with E-state index in [1.54, 1.807) is 11.3 Å². The van der Waals surface area contributed by atoms with Crippen molar-refractivity contribution in [1.82, 2.24) is 0 Å². The van der Waals surface area contributed by atoms with Crippen LogP contribution in [0, 0.1) is 0 Å². The van der Waals surface area contributed by atoms with E-state index in [2.05, 4.69) is 67.6 Å². The number of benzene rings is 1. The lowest BCUT2D eigenvalue weighted by molar-refractivity contribution is 0.963. The molecule has 0 N–H and O–H groups in total. The first kappa shape index (κ1) is 11.4. The molecule has 0 spiro atoms. The summed E-state index contributed by atoms with van der Waals surface area (Å²) >= 11 is 9.12. The van der Waals surface area contributed by atoms with E-state index in [9.17, 15) is 0 Å². The Morgan fingerprint density at radius 1 is 1.13 bits per heavy atom. The van der Waals surface area contributed by atoms with Crippen LogP contribution in [0.25, 0.3) is 0 Å². The number of thiophene rings is 1. The summed E-state index contributed by atoms with van der Waals surface area (Å²) in [4.78, 5) is 1.79. The quantitative estimate of drug-likeness (QED) is 0.671. The Morgan fingerprint density at radius 3 is 2.60 bits per heavy atom. The fourth-order valence-corrected chi connectivity index (χ4v) is 4.03. The Hall–Kier alpha value is -0.120. The monoisotopic (exact) mass is 344 g/mol. The number of hydrogen-bond acceptors (Lipinski definition) is 1. The summed E-state index contributed by atoms with van der Waals surface area (Å²) in [6.45, 7) is 0. The predicted molar refractivity (Wildman–Crippen MR) is 73.8 cm³/mol. The Morgan fingerprint density at radius 2 is 1.93 bits per heavy atom. The van der Waals surface area contributed by atoms with Crippen LogP contribution in [0.1, 0.15) is 15.3 Å². The van der Waals surface area contributed by atoms with Gasteiger partial charge in [-0.25, -0.2) is 0 Å². The second-order valence-corrected chi connectivity index (χ2v) is 6.26. The van der Waals surface area contributed by atoms with Crippen molar-refractivity contribution in [2.24, 2.45) is 0 Å². The van der Waals surface area contributed by atoms with Crippen molar-refractivity contribution < 1.29 is 0 Å². The van der Waals surface area contributed by atoms with Crippen LogP contribution in [0.15, 0.2) is 46.3 Å². The minimum atomic E-state index is 0.381.